The molecule has 72 valence electrons. The van der Waals surface area contributed by atoms with Crippen molar-refractivity contribution in [2.45, 2.75) is 20.0 Å². The van der Waals surface area contributed by atoms with Crippen molar-refractivity contribution in [3.8, 4) is 0 Å². The van der Waals surface area contributed by atoms with Gasteiger partial charge >= 0.3 is 0 Å². The van der Waals surface area contributed by atoms with Crippen LogP contribution in [0.1, 0.15) is 13.8 Å². The molecule has 0 aromatic carbocycles. The topological polar surface area (TPSA) is 25.0 Å². The summed E-state index contributed by atoms with van der Waals surface area (Å²) in [6.07, 6.45) is 0.506. The molecule has 0 aromatic heterocycles. The van der Waals surface area contributed by atoms with Gasteiger partial charge in [-0.2, -0.15) is 0 Å². The third-order valence-corrected chi connectivity index (χ3v) is 2.07. The number of rotatable bonds is 7. The maximum absolute atomic E-state index is 5.29. The van der Waals surface area contributed by atoms with Crippen molar-refractivity contribution in [2.24, 2.45) is 0 Å². The number of nitrogens with zero attached hydrogens (tertiary/aromatic N) is 1. The maximum atomic E-state index is 5.29. The van der Waals surface area contributed by atoms with Crippen LogP contribution in [0.2, 0.25) is 0 Å². The Kier molecular flexibility index (Phi) is 4.58. The zero-order valence-electron chi connectivity index (χ0n) is 8.08. The highest BCUT2D eigenvalue weighted by Crippen LogP contribution is 2.10. The fraction of sp³-hybridized carbons (Fsp3) is 1.00. The summed E-state index contributed by atoms with van der Waals surface area (Å²) in [4.78, 5) is 2.37. The van der Waals surface area contributed by atoms with Gasteiger partial charge in [-0.15, -0.1) is 0 Å². The second kappa shape index (κ2) is 5.51. The normalized spacial score (nSPS) is 21.8. The molecule has 1 rings (SSSR count). The van der Waals surface area contributed by atoms with Gasteiger partial charge in [0, 0.05) is 19.7 Å². The van der Waals surface area contributed by atoms with E-state index in [0.29, 0.717) is 6.10 Å². The Balaban J connectivity index is 1.98. The van der Waals surface area contributed by atoms with Gasteiger partial charge in [0.25, 0.3) is 0 Å². The summed E-state index contributed by atoms with van der Waals surface area (Å²) < 4.78 is 10.4. The summed E-state index contributed by atoms with van der Waals surface area (Å²) in [7, 11) is 0. The lowest BCUT2D eigenvalue weighted by Crippen LogP contribution is -2.31. The predicted octanol–water partition coefficient (Wildman–Crippen LogP) is 0.744. The molecule has 12 heavy (non-hydrogen) atoms. The monoisotopic (exact) mass is 173 g/mol. The average molecular weight is 173 g/mol. The van der Waals surface area contributed by atoms with Crippen LogP contribution in [0.4, 0.5) is 0 Å². The smallest absolute Gasteiger partial charge is 0.0936 e. The molecule has 0 radical (unpaired) electrons. The Labute approximate surface area is 74.6 Å². The van der Waals surface area contributed by atoms with Crippen LogP contribution in [0.5, 0.6) is 0 Å². The molecule has 3 nitrogen and oxygen atoms in total. The van der Waals surface area contributed by atoms with E-state index in [4.69, 9.17) is 9.47 Å². The van der Waals surface area contributed by atoms with Crippen molar-refractivity contribution in [3.05, 3.63) is 0 Å². The number of hydrogen-bond acceptors (Lipinski definition) is 3. The largest absolute Gasteiger partial charge is 0.380 e. The lowest BCUT2D eigenvalue weighted by atomic mass is 10.4. The van der Waals surface area contributed by atoms with Crippen molar-refractivity contribution in [2.75, 3.05) is 39.5 Å². The molecule has 1 unspecified atom stereocenters. The quantitative estimate of drug-likeness (QED) is 0.419. The highest BCUT2D eigenvalue weighted by Gasteiger charge is 2.24. The average Bonchev–Trinajstić information content (AvgIpc) is 2.87. The molecule has 0 aliphatic carbocycles. The molecule has 1 aliphatic heterocycles. The van der Waals surface area contributed by atoms with Crippen LogP contribution < -0.4 is 0 Å². The Morgan fingerprint density at radius 1 is 1.50 bits per heavy atom. The summed E-state index contributed by atoms with van der Waals surface area (Å²) in [5, 5.41) is 0. The molecular weight excluding hydrogens is 154 g/mol. The zero-order chi connectivity index (χ0) is 8.81. The van der Waals surface area contributed by atoms with Gasteiger partial charge in [-0.3, -0.25) is 4.90 Å². The van der Waals surface area contributed by atoms with Crippen LogP contribution in [0, 0.1) is 0 Å². The lowest BCUT2D eigenvalue weighted by Gasteiger charge is -2.18. The van der Waals surface area contributed by atoms with Crippen molar-refractivity contribution < 1.29 is 9.47 Å². The molecule has 0 bridgehead atoms. The van der Waals surface area contributed by atoms with Crippen LogP contribution in [-0.4, -0.2) is 50.5 Å². The van der Waals surface area contributed by atoms with E-state index in [1.54, 1.807) is 0 Å². The van der Waals surface area contributed by atoms with E-state index in [-0.39, 0.29) is 0 Å². The van der Waals surface area contributed by atoms with E-state index in [9.17, 15) is 0 Å². The Hall–Kier alpha value is -0.120. The highest BCUT2D eigenvalue weighted by molar-refractivity contribution is 4.73. The minimum Gasteiger partial charge on any atom is -0.380 e. The van der Waals surface area contributed by atoms with Gasteiger partial charge in [0.15, 0.2) is 0 Å². The number of hydrogen-bond donors (Lipinski definition) is 0. The molecule has 0 aromatic rings. The van der Waals surface area contributed by atoms with E-state index in [2.05, 4.69) is 11.8 Å². The molecule has 0 amide bonds. The molecule has 1 saturated heterocycles. The first-order valence-corrected chi connectivity index (χ1v) is 4.78. The second-order valence-corrected chi connectivity index (χ2v) is 3.05. The van der Waals surface area contributed by atoms with Crippen LogP contribution in [0.25, 0.3) is 0 Å². The Morgan fingerprint density at radius 3 is 2.75 bits per heavy atom. The van der Waals surface area contributed by atoms with E-state index in [0.717, 1.165) is 39.5 Å². The molecule has 0 spiro atoms. The minimum absolute atomic E-state index is 0.506. The summed E-state index contributed by atoms with van der Waals surface area (Å²) >= 11 is 0. The van der Waals surface area contributed by atoms with Crippen LogP contribution in [0.3, 0.4) is 0 Å². The van der Waals surface area contributed by atoms with E-state index in [1.165, 1.54) is 0 Å². The first-order valence-electron chi connectivity index (χ1n) is 4.78. The number of epoxide rings is 1. The van der Waals surface area contributed by atoms with Crippen molar-refractivity contribution in [1.82, 2.24) is 4.90 Å². The third-order valence-electron chi connectivity index (χ3n) is 2.07. The molecule has 1 heterocycles. The second-order valence-electron chi connectivity index (χ2n) is 3.05. The third kappa shape index (κ3) is 4.04. The fourth-order valence-corrected chi connectivity index (χ4v) is 1.18. The van der Waals surface area contributed by atoms with Gasteiger partial charge in [0.1, 0.15) is 0 Å². The van der Waals surface area contributed by atoms with Crippen LogP contribution in [0.15, 0.2) is 0 Å². The standard InChI is InChI=1S/C9H19NO2/c1-3-10(5-6-11-4-2)7-9-8-12-9/h9H,3-8H2,1-2H3. The SMILES string of the molecule is CCOCCN(CC)CC1CO1. The summed E-state index contributed by atoms with van der Waals surface area (Å²) in [6, 6.07) is 0. The van der Waals surface area contributed by atoms with Crippen LogP contribution >= 0.6 is 0 Å². The molecule has 0 N–H and O–H groups in total. The summed E-state index contributed by atoms with van der Waals surface area (Å²) in [5.41, 5.74) is 0. The molecule has 1 atom stereocenters. The van der Waals surface area contributed by atoms with Gasteiger partial charge in [-0.25, -0.2) is 0 Å². The fourth-order valence-electron chi connectivity index (χ4n) is 1.18. The Morgan fingerprint density at radius 2 is 2.25 bits per heavy atom. The first kappa shape index (κ1) is 9.96. The van der Waals surface area contributed by atoms with E-state index >= 15 is 0 Å². The summed E-state index contributed by atoms with van der Waals surface area (Å²) in [6.45, 7) is 10.0. The van der Waals surface area contributed by atoms with Crippen LogP contribution in [-0.2, 0) is 9.47 Å². The molecule has 1 fully saturated rings. The van der Waals surface area contributed by atoms with Crippen molar-refractivity contribution >= 4 is 0 Å². The highest BCUT2D eigenvalue weighted by atomic mass is 16.6. The van der Waals surface area contributed by atoms with Gasteiger partial charge < -0.3 is 9.47 Å². The molecule has 0 saturated carbocycles. The van der Waals surface area contributed by atoms with Gasteiger partial charge in [-0.05, 0) is 13.5 Å². The minimum atomic E-state index is 0.506. The van der Waals surface area contributed by atoms with Gasteiger partial charge in [0.2, 0.25) is 0 Å². The number of likely N-dealkylation sites (N-methyl/N-ethyl adjacent to an activating group) is 1. The van der Waals surface area contributed by atoms with E-state index in [1.807, 2.05) is 6.92 Å². The number of ether oxygens (including phenoxy) is 2. The lowest BCUT2D eigenvalue weighted by molar-refractivity contribution is 0.112. The van der Waals surface area contributed by atoms with Crippen molar-refractivity contribution in [1.29, 1.82) is 0 Å². The maximum Gasteiger partial charge on any atom is 0.0936 e. The molecule has 3 heteroatoms. The Bertz CT molecular complexity index is 115. The van der Waals surface area contributed by atoms with Crippen molar-refractivity contribution in [3.63, 3.8) is 0 Å². The van der Waals surface area contributed by atoms with Gasteiger partial charge in [-0.1, -0.05) is 6.92 Å². The zero-order valence-corrected chi connectivity index (χ0v) is 8.08. The van der Waals surface area contributed by atoms with E-state index < -0.39 is 0 Å². The molecule has 1 aliphatic rings. The predicted molar refractivity (Wildman–Crippen MR) is 48.3 cm³/mol. The van der Waals surface area contributed by atoms with Gasteiger partial charge in [0.05, 0.1) is 19.3 Å². The summed E-state index contributed by atoms with van der Waals surface area (Å²) in [5.74, 6) is 0. The first-order chi connectivity index (χ1) is 5.86. The molecular formula is C9H19NO2.